The van der Waals surface area contributed by atoms with E-state index in [1.165, 1.54) is 11.8 Å². The molecular formula is C16H23N5O2S. The second-order valence-corrected chi connectivity index (χ2v) is 7.05. The average Bonchev–Trinajstić information content (AvgIpc) is 2.95. The Balaban J connectivity index is 1.93. The number of ether oxygens (including phenoxy) is 1. The van der Waals surface area contributed by atoms with Crippen molar-refractivity contribution in [2.24, 2.45) is 5.92 Å². The monoisotopic (exact) mass is 349 g/mol. The number of nitrogens with one attached hydrogen (secondary N) is 1. The van der Waals surface area contributed by atoms with Gasteiger partial charge in [-0.2, -0.15) is 0 Å². The molecule has 0 radical (unpaired) electrons. The van der Waals surface area contributed by atoms with Crippen molar-refractivity contribution >= 4 is 23.4 Å². The Morgan fingerprint density at radius 1 is 1.29 bits per heavy atom. The van der Waals surface area contributed by atoms with E-state index in [4.69, 9.17) is 4.74 Å². The highest BCUT2D eigenvalue weighted by Gasteiger charge is 2.19. The van der Waals surface area contributed by atoms with Crippen molar-refractivity contribution < 1.29 is 9.53 Å². The molecule has 0 aliphatic carbocycles. The molecule has 1 N–H and O–H groups in total. The van der Waals surface area contributed by atoms with Gasteiger partial charge in [0.25, 0.3) is 0 Å². The fourth-order valence-electron chi connectivity index (χ4n) is 2.00. The van der Waals surface area contributed by atoms with Crippen molar-refractivity contribution in [3.05, 3.63) is 24.3 Å². The molecule has 2 aromatic rings. The number of hydrogen-bond acceptors (Lipinski definition) is 6. The standard InChI is InChI=1S/C16H23N5O2S/c1-5-23-14-8-6-13(7-9-14)17-15(22)12(4)24-16-18-19-20-21(16)10-11(2)3/h6-9,11-12H,5,10H2,1-4H3,(H,17,22). The zero-order chi connectivity index (χ0) is 17.5. The Hall–Kier alpha value is -2.09. The molecule has 7 nitrogen and oxygen atoms in total. The van der Waals surface area contributed by atoms with Gasteiger partial charge in [-0.1, -0.05) is 25.6 Å². The van der Waals surface area contributed by atoms with Gasteiger partial charge >= 0.3 is 0 Å². The molecule has 1 amide bonds. The molecule has 1 atom stereocenters. The SMILES string of the molecule is CCOc1ccc(NC(=O)C(C)Sc2nnnn2CC(C)C)cc1. The van der Waals surface area contributed by atoms with E-state index in [1.54, 1.807) is 4.68 Å². The highest BCUT2D eigenvalue weighted by Crippen LogP contribution is 2.23. The van der Waals surface area contributed by atoms with Crippen molar-refractivity contribution in [2.45, 2.75) is 44.6 Å². The minimum atomic E-state index is -0.312. The highest BCUT2D eigenvalue weighted by atomic mass is 32.2. The van der Waals surface area contributed by atoms with Crippen LogP contribution >= 0.6 is 11.8 Å². The molecule has 8 heteroatoms. The molecule has 0 saturated carbocycles. The fourth-order valence-corrected chi connectivity index (χ4v) is 2.80. The van der Waals surface area contributed by atoms with Gasteiger partial charge in [-0.3, -0.25) is 4.79 Å². The topological polar surface area (TPSA) is 81.9 Å². The maximum atomic E-state index is 12.3. The average molecular weight is 349 g/mol. The first kappa shape index (κ1) is 18.3. The van der Waals surface area contributed by atoms with Crippen LogP contribution in [0.1, 0.15) is 27.7 Å². The lowest BCUT2D eigenvalue weighted by atomic mass is 10.2. The number of benzene rings is 1. The number of carbonyl (C=O) groups excluding carboxylic acids is 1. The molecule has 0 saturated heterocycles. The summed E-state index contributed by atoms with van der Waals surface area (Å²) in [5.74, 6) is 1.12. The van der Waals surface area contributed by atoms with Gasteiger partial charge in [0.2, 0.25) is 11.1 Å². The van der Waals surface area contributed by atoms with Gasteiger partial charge in [0.05, 0.1) is 11.9 Å². The van der Waals surface area contributed by atoms with Gasteiger partial charge in [0.15, 0.2) is 0 Å². The largest absolute Gasteiger partial charge is 0.494 e. The van der Waals surface area contributed by atoms with Crippen molar-refractivity contribution in [1.82, 2.24) is 20.2 Å². The molecule has 0 aliphatic rings. The molecule has 0 spiro atoms. The van der Waals surface area contributed by atoms with E-state index >= 15 is 0 Å². The smallest absolute Gasteiger partial charge is 0.237 e. The van der Waals surface area contributed by atoms with Gasteiger partial charge in [-0.05, 0) is 54.5 Å². The second kappa shape index (κ2) is 8.68. The van der Waals surface area contributed by atoms with Gasteiger partial charge < -0.3 is 10.1 Å². The van der Waals surface area contributed by atoms with Crippen LogP contribution in [-0.2, 0) is 11.3 Å². The maximum absolute atomic E-state index is 12.3. The van der Waals surface area contributed by atoms with Crippen LogP contribution in [-0.4, -0.2) is 38.0 Å². The number of thioether (sulfide) groups is 1. The maximum Gasteiger partial charge on any atom is 0.237 e. The molecule has 24 heavy (non-hydrogen) atoms. The first-order valence-corrected chi connectivity index (χ1v) is 8.84. The lowest BCUT2D eigenvalue weighted by molar-refractivity contribution is -0.115. The summed E-state index contributed by atoms with van der Waals surface area (Å²) in [4.78, 5) is 12.3. The molecule has 1 heterocycles. The molecule has 0 bridgehead atoms. The quantitative estimate of drug-likeness (QED) is 0.738. The molecule has 1 aromatic heterocycles. The number of nitrogens with zero attached hydrogens (tertiary/aromatic N) is 4. The third-order valence-corrected chi connectivity index (χ3v) is 4.19. The normalized spacial score (nSPS) is 12.2. The Kier molecular flexibility index (Phi) is 6.60. The summed E-state index contributed by atoms with van der Waals surface area (Å²) in [5, 5.41) is 14.9. The van der Waals surface area contributed by atoms with Crippen LogP contribution in [0.25, 0.3) is 0 Å². The van der Waals surface area contributed by atoms with Gasteiger partial charge in [0.1, 0.15) is 5.75 Å². The van der Waals surface area contributed by atoms with Crippen molar-refractivity contribution in [1.29, 1.82) is 0 Å². The summed E-state index contributed by atoms with van der Waals surface area (Å²) in [6.07, 6.45) is 0. The number of anilines is 1. The number of aromatic nitrogens is 4. The molecule has 1 unspecified atom stereocenters. The summed E-state index contributed by atoms with van der Waals surface area (Å²) < 4.78 is 7.12. The third-order valence-electron chi connectivity index (χ3n) is 3.12. The Morgan fingerprint density at radius 2 is 2.00 bits per heavy atom. The minimum absolute atomic E-state index is 0.0942. The highest BCUT2D eigenvalue weighted by molar-refractivity contribution is 8.00. The first-order chi connectivity index (χ1) is 11.5. The molecule has 130 valence electrons. The van der Waals surface area contributed by atoms with Gasteiger partial charge in [0, 0.05) is 12.2 Å². The third kappa shape index (κ3) is 5.23. The number of hydrogen-bond donors (Lipinski definition) is 1. The van der Waals surface area contributed by atoms with Gasteiger partial charge in [-0.15, -0.1) is 5.10 Å². The van der Waals surface area contributed by atoms with E-state index in [0.717, 1.165) is 18.0 Å². The van der Waals surface area contributed by atoms with Crippen molar-refractivity contribution in [2.75, 3.05) is 11.9 Å². The summed E-state index contributed by atoms with van der Waals surface area (Å²) in [6, 6.07) is 7.31. The fraction of sp³-hybridized carbons (Fsp3) is 0.500. The number of carbonyl (C=O) groups is 1. The van der Waals surface area contributed by atoms with Crippen LogP contribution in [0, 0.1) is 5.92 Å². The van der Waals surface area contributed by atoms with Crippen LogP contribution in [0.15, 0.2) is 29.4 Å². The summed E-state index contributed by atoms with van der Waals surface area (Å²) in [5.41, 5.74) is 0.734. The molecule has 0 fully saturated rings. The lowest BCUT2D eigenvalue weighted by Gasteiger charge is -2.12. The van der Waals surface area contributed by atoms with Gasteiger partial charge in [-0.25, -0.2) is 4.68 Å². The van der Waals surface area contributed by atoms with Crippen LogP contribution in [0.3, 0.4) is 0 Å². The minimum Gasteiger partial charge on any atom is -0.494 e. The number of tetrazole rings is 1. The van der Waals surface area contributed by atoms with Crippen LogP contribution in [0.2, 0.25) is 0 Å². The molecule has 0 aliphatic heterocycles. The molecule has 2 rings (SSSR count). The second-order valence-electron chi connectivity index (χ2n) is 5.74. The van der Waals surface area contributed by atoms with E-state index in [0.29, 0.717) is 17.7 Å². The summed E-state index contributed by atoms with van der Waals surface area (Å²) in [6.45, 7) is 9.30. The molecule has 1 aromatic carbocycles. The predicted molar refractivity (Wildman–Crippen MR) is 94.2 cm³/mol. The first-order valence-electron chi connectivity index (χ1n) is 7.96. The number of rotatable bonds is 8. The lowest BCUT2D eigenvalue weighted by Crippen LogP contribution is -2.23. The van der Waals surface area contributed by atoms with Crippen LogP contribution in [0.4, 0.5) is 5.69 Å². The van der Waals surface area contributed by atoms with Crippen molar-refractivity contribution in [3.63, 3.8) is 0 Å². The van der Waals surface area contributed by atoms with Crippen molar-refractivity contribution in [3.8, 4) is 5.75 Å². The van der Waals surface area contributed by atoms with Crippen LogP contribution < -0.4 is 10.1 Å². The Bertz CT molecular complexity index is 657. The van der Waals surface area contributed by atoms with E-state index in [2.05, 4.69) is 34.7 Å². The zero-order valence-electron chi connectivity index (χ0n) is 14.4. The summed E-state index contributed by atoms with van der Waals surface area (Å²) >= 11 is 1.35. The van der Waals surface area contributed by atoms with E-state index in [1.807, 2.05) is 38.1 Å². The van der Waals surface area contributed by atoms with E-state index in [-0.39, 0.29) is 11.2 Å². The molecular weight excluding hydrogens is 326 g/mol. The Morgan fingerprint density at radius 3 is 2.62 bits per heavy atom. The predicted octanol–water partition coefficient (Wildman–Crippen LogP) is 2.85. The number of amides is 1. The summed E-state index contributed by atoms with van der Waals surface area (Å²) in [7, 11) is 0. The van der Waals surface area contributed by atoms with E-state index in [9.17, 15) is 4.79 Å². The van der Waals surface area contributed by atoms with Crippen LogP contribution in [0.5, 0.6) is 5.75 Å². The Labute approximate surface area is 146 Å². The van der Waals surface area contributed by atoms with E-state index < -0.39 is 0 Å². The zero-order valence-corrected chi connectivity index (χ0v) is 15.2.